The van der Waals surface area contributed by atoms with E-state index in [0.717, 1.165) is 32.4 Å². The van der Waals surface area contributed by atoms with Crippen molar-refractivity contribution in [1.29, 1.82) is 0 Å². The van der Waals surface area contributed by atoms with Crippen molar-refractivity contribution in [3.05, 3.63) is 0 Å². The molecule has 2 N–H and O–H groups in total. The number of nitrogens with one attached hydrogen (secondary N) is 1. The van der Waals surface area contributed by atoms with Crippen LogP contribution in [0, 0.1) is 0 Å². The first-order chi connectivity index (χ1) is 9.13. The molecular weight excluding hydrogens is 244 g/mol. The van der Waals surface area contributed by atoms with Crippen molar-refractivity contribution < 1.29 is 14.6 Å². The van der Waals surface area contributed by atoms with E-state index in [1.807, 2.05) is 0 Å². The van der Waals surface area contributed by atoms with Crippen LogP contribution in [-0.2, 0) is 9.53 Å². The number of rotatable bonds is 7. The molecule has 0 heterocycles. The van der Waals surface area contributed by atoms with Crippen molar-refractivity contribution in [2.45, 2.75) is 56.1 Å². The van der Waals surface area contributed by atoms with E-state index in [0.29, 0.717) is 18.5 Å². The molecule has 0 aromatic carbocycles. The van der Waals surface area contributed by atoms with Gasteiger partial charge < -0.3 is 15.2 Å². The van der Waals surface area contributed by atoms with E-state index in [2.05, 4.69) is 10.2 Å². The highest BCUT2D eigenvalue weighted by Gasteiger charge is 2.45. The molecule has 5 nitrogen and oxygen atoms in total. The molecule has 110 valence electrons. The molecule has 2 unspecified atom stereocenters. The first kappa shape index (κ1) is 14.8. The molecule has 0 aromatic heterocycles. The highest BCUT2D eigenvalue weighted by atomic mass is 16.5. The van der Waals surface area contributed by atoms with Crippen molar-refractivity contribution in [1.82, 2.24) is 10.2 Å². The zero-order valence-corrected chi connectivity index (χ0v) is 12.0. The molecule has 0 amide bonds. The summed E-state index contributed by atoms with van der Waals surface area (Å²) in [6, 6.07) is 1.03. The van der Waals surface area contributed by atoms with Gasteiger partial charge >= 0.3 is 5.97 Å². The van der Waals surface area contributed by atoms with E-state index in [-0.39, 0.29) is 0 Å². The second kappa shape index (κ2) is 6.20. The molecule has 2 saturated carbocycles. The summed E-state index contributed by atoms with van der Waals surface area (Å²) in [4.78, 5) is 14.1. The van der Waals surface area contributed by atoms with E-state index in [1.165, 1.54) is 12.8 Å². The van der Waals surface area contributed by atoms with Crippen LogP contribution in [0.5, 0.6) is 0 Å². The van der Waals surface area contributed by atoms with E-state index in [4.69, 9.17) is 4.74 Å². The summed E-state index contributed by atoms with van der Waals surface area (Å²) in [5, 5.41) is 12.6. The molecule has 2 aliphatic rings. The van der Waals surface area contributed by atoms with Crippen LogP contribution in [0.15, 0.2) is 0 Å². The maximum absolute atomic E-state index is 11.6. The number of carboxylic acid groups (broad SMARTS) is 1. The van der Waals surface area contributed by atoms with E-state index in [9.17, 15) is 9.90 Å². The summed E-state index contributed by atoms with van der Waals surface area (Å²) in [6.45, 7) is 1.65. The number of carboxylic acids is 1. The molecule has 19 heavy (non-hydrogen) atoms. The zero-order valence-electron chi connectivity index (χ0n) is 12.0. The van der Waals surface area contributed by atoms with Crippen molar-refractivity contribution in [2.75, 3.05) is 27.3 Å². The molecule has 0 saturated heterocycles. The van der Waals surface area contributed by atoms with Crippen LogP contribution in [-0.4, -0.2) is 60.9 Å². The summed E-state index contributed by atoms with van der Waals surface area (Å²) in [5.41, 5.74) is -0.733. The second-order valence-corrected chi connectivity index (χ2v) is 5.85. The zero-order chi connectivity index (χ0) is 13.9. The molecule has 0 spiro atoms. The minimum absolute atomic E-state index is 0.375. The van der Waals surface area contributed by atoms with Gasteiger partial charge in [0.15, 0.2) is 0 Å². The number of likely N-dealkylation sites (N-methyl/N-ethyl adjacent to an activating group) is 1. The van der Waals surface area contributed by atoms with Gasteiger partial charge in [-0.1, -0.05) is 0 Å². The largest absolute Gasteiger partial charge is 0.480 e. The third kappa shape index (κ3) is 3.27. The van der Waals surface area contributed by atoms with E-state index >= 15 is 0 Å². The van der Waals surface area contributed by atoms with Crippen LogP contribution in [0.1, 0.15) is 38.5 Å². The molecule has 0 aliphatic heterocycles. The number of methoxy groups -OCH3 is 1. The summed E-state index contributed by atoms with van der Waals surface area (Å²) < 4.78 is 5.19. The number of nitrogens with zero attached hydrogens (tertiary/aromatic N) is 1. The molecule has 2 atom stereocenters. The monoisotopic (exact) mass is 270 g/mol. The summed E-state index contributed by atoms with van der Waals surface area (Å²) in [7, 11) is 3.49. The summed E-state index contributed by atoms with van der Waals surface area (Å²) in [5.74, 6) is -0.706. The van der Waals surface area contributed by atoms with Gasteiger partial charge in [-0.3, -0.25) is 9.69 Å². The van der Waals surface area contributed by atoms with Crippen molar-refractivity contribution in [2.24, 2.45) is 0 Å². The van der Waals surface area contributed by atoms with Gasteiger partial charge in [-0.25, -0.2) is 0 Å². The smallest absolute Gasteiger partial charge is 0.323 e. The van der Waals surface area contributed by atoms with Gasteiger partial charge in [0.05, 0.1) is 6.61 Å². The lowest BCUT2D eigenvalue weighted by Gasteiger charge is -2.42. The average molecular weight is 270 g/mol. The highest BCUT2D eigenvalue weighted by Crippen LogP contribution is 2.37. The molecule has 0 radical (unpaired) electrons. The Morgan fingerprint density at radius 2 is 2.16 bits per heavy atom. The van der Waals surface area contributed by atoms with Crippen LogP contribution < -0.4 is 5.32 Å². The van der Waals surface area contributed by atoms with Gasteiger partial charge in [0.25, 0.3) is 0 Å². The van der Waals surface area contributed by atoms with Gasteiger partial charge in [-0.2, -0.15) is 0 Å². The van der Waals surface area contributed by atoms with Crippen LogP contribution in [0.25, 0.3) is 0 Å². The second-order valence-electron chi connectivity index (χ2n) is 5.85. The Hall–Kier alpha value is -0.650. The Bertz CT molecular complexity index is 320. The van der Waals surface area contributed by atoms with Crippen molar-refractivity contribution in [3.8, 4) is 0 Å². The van der Waals surface area contributed by atoms with Crippen LogP contribution >= 0.6 is 0 Å². The third-order valence-electron chi connectivity index (χ3n) is 4.65. The van der Waals surface area contributed by atoms with Gasteiger partial charge in [0, 0.05) is 25.7 Å². The number of aliphatic carboxylic acids is 1. The first-order valence-corrected chi connectivity index (χ1v) is 7.30. The lowest BCUT2D eigenvalue weighted by molar-refractivity contribution is -0.147. The van der Waals surface area contributed by atoms with Crippen LogP contribution in [0.2, 0.25) is 0 Å². The Labute approximate surface area is 115 Å². The Morgan fingerprint density at radius 1 is 1.42 bits per heavy atom. The summed E-state index contributed by atoms with van der Waals surface area (Å²) >= 11 is 0. The minimum Gasteiger partial charge on any atom is -0.480 e. The number of hydrogen-bond donors (Lipinski definition) is 2. The maximum Gasteiger partial charge on any atom is 0.323 e. The van der Waals surface area contributed by atoms with Gasteiger partial charge in [-0.05, 0) is 45.6 Å². The van der Waals surface area contributed by atoms with Crippen LogP contribution in [0.3, 0.4) is 0 Å². The lowest BCUT2D eigenvalue weighted by atomic mass is 9.78. The quantitative estimate of drug-likeness (QED) is 0.725. The van der Waals surface area contributed by atoms with Gasteiger partial charge in [0.1, 0.15) is 5.54 Å². The Morgan fingerprint density at radius 3 is 2.68 bits per heavy atom. The van der Waals surface area contributed by atoms with E-state index < -0.39 is 11.5 Å². The molecule has 0 aromatic rings. The highest BCUT2D eigenvalue weighted by molar-refractivity contribution is 5.79. The fourth-order valence-corrected chi connectivity index (χ4v) is 3.32. The summed E-state index contributed by atoms with van der Waals surface area (Å²) in [6.07, 6.45) is 6.03. The Balaban J connectivity index is 2.03. The molecule has 0 bridgehead atoms. The maximum atomic E-state index is 11.6. The average Bonchev–Trinajstić information content (AvgIpc) is 3.24. The predicted octanol–water partition coefficient (Wildman–Crippen LogP) is 1.08. The fraction of sp³-hybridized carbons (Fsp3) is 0.929. The molecule has 5 heteroatoms. The minimum atomic E-state index is -0.733. The van der Waals surface area contributed by atoms with E-state index in [1.54, 1.807) is 14.2 Å². The van der Waals surface area contributed by atoms with Gasteiger partial charge in [-0.15, -0.1) is 0 Å². The molecule has 2 aliphatic carbocycles. The molecule has 2 rings (SSSR count). The topological polar surface area (TPSA) is 61.8 Å². The predicted molar refractivity (Wildman–Crippen MR) is 73.3 cm³/mol. The number of ether oxygens (including phenoxy) is 1. The normalized spacial score (nSPS) is 31.6. The number of hydrogen-bond acceptors (Lipinski definition) is 4. The standard InChI is InChI=1S/C14H26N2O3/c1-15-14(13(17)18)7-3-4-12(10-14)16(8-9-19-2)11-5-6-11/h11-12,15H,3-10H2,1-2H3,(H,17,18). The van der Waals surface area contributed by atoms with Crippen molar-refractivity contribution >= 4 is 5.97 Å². The third-order valence-corrected chi connectivity index (χ3v) is 4.65. The number of carbonyl (C=O) groups is 1. The molecule has 2 fully saturated rings. The fourth-order valence-electron chi connectivity index (χ4n) is 3.32. The first-order valence-electron chi connectivity index (χ1n) is 7.30. The SMILES string of the molecule is CNC1(C(=O)O)CCCC(N(CCOC)C2CC2)C1. The van der Waals surface area contributed by atoms with Gasteiger partial charge in [0.2, 0.25) is 0 Å². The van der Waals surface area contributed by atoms with Crippen molar-refractivity contribution in [3.63, 3.8) is 0 Å². The Kier molecular flexibility index (Phi) is 4.81. The lowest BCUT2D eigenvalue weighted by Crippen LogP contribution is -2.57. The molecular formula is C14H26N2O3. The van der Waals surface area contributed by atoms with Crippen LogP contribution in [0.4, 0.5) is 0 Å².